The van der Waals surface area contributed by atoms with Crippen molar-refractivity contribution in [3.05, 3.63) is 0 Å². The highest BCUT2D eigenvalue weighted by molar-refractivity contribution is 5.80. The van der Waals surface area contributed by atoms with Crippen LogP contribution in [0.15, 0.2) is 0 Å². The number of rotatable bonds is 11. The lowest BCUT2D eigenvalue weighted by molar-refractivity contribution is -0.148. The molecule has 1 N–H and O–H groups in total. The van der Waals surface area contributed by atoms with E-state index >= 15 is 0 Å². The summed E-state index contributed by atoms with van der Waals surface area (Å²) in [5.74, 6) is 0.612. The van der Waals surface area contributed by atoms with Crippen LogP contribution >= 0.6 is 0 Å². The second-order valence-corrected chi connectivity index (χ2v) is 6.75. The Morgan fingerprint density at radius 3 is 2.57 bits per heavy atom. The molecule has 0 aromatic rings. The number of esters is 1. The van der Waals surface area contributed by atoms with Crippen LogP contribution in [-0.4, -0.2) is 49.2 Å². The van der Waals surface area contributed by atoms with E-state index in [1.54, 1.807) is 0 Å². The molecule has 0 aromatic carbocycles. The number of nitrogens with zero attached hydrogens (tertiary/aromatic N) is 1. The van der Waals surface area contributed by atoms with E-state index in [4.69, 9.17) is 4.74 Å². The van der Waals surface area contributed by atoms with Gasteiger partial charge >= 0.3 is 5.97 Å². The van der Waals surface area contributed by atoms with Gasteiger partial charge < -0.3 is 9.64 Å². The van der Waals surface area contributed by atoms with Crippen LogP contribution in [0.3, 0.4) is 0 Å². The average Bonchev–Trinajstić information content (AvgIpc) is 3.28. The van der Waals surface area contributed by atoms with Crippen LogP contribution in [-0.2, 0) is 9.53 Å². The average molecular weight is 298 g/mol. The third-order valence-electron chi connectivity index (χ3n) is 4.60. The fourth-order valence-corrected chi connectivity index (χ4v) is 2.74. The van der Waals surface area contributed by atoms with Gasteiger partial charge in [-0.05, 0) is 51.6 Å². The van der Waals surface area contributed by atoms with E-state index in [9.17, 15) is 4.79 Å². The van der Waals surface area contributed by atoms with E-state index in [2.05, 4.69) is 31.0 Å². The molecule has 0 bridgehead atoms. The lowest BCUT2D eigenvalue weighted by Crippen LogP contribution is -2.51. The van der Waals surface area contributed by atoms with Crippen LogP contribution in [0.4, 0.5) is 0 Å². The summed E-state index contributed by atoms with van der Waals surface area (Å²) in [5, 5.41) is 3.47. The Labute approximate surface area is 130 Å². The second kappa shape index (κ2) is 8.74. The predicted octanol–water partition coefficient (Wildman–Crippen LogP) is 2.82. The third kappa shape index (κ3) is 6.35. The molecule has 0 aliphatic heterocycles. The lowest BCUT2D eigenvalue weighted by Gasteiger charge is -2.30. The molecular formula is C17H34N2O2. The summed E-state index contributed by atoms with van der Waals surface area (Å²) < 4.78 is 4.99. The number of hydrogen-bond acceptors (Lipinski definition) is 4. The zero-order chi connectivity index (χ0) is 15.9. The Hall–Kier alpha value is -0.610. The number of ether oxygens (including phenoxy) is 1. The summed E-state index contributed by atoms with van der Waals surface area (Å²) in [4.78, 5) is 14.6. The van der Waals surface area contributed by atoms with Gasteiger partial charge in [0.25, 0.3) is 0 Å². The molecule has 4 heteroatoms. The highest BCUT2D eigenvalue weighted by Gasteiger charge is 2.38. The summed E-state index contributed by atoms with van der Waals surface area (Å²) >= 11 is 0. The summed E-state index contributed by atoms with van der Waals surface area (Å²) in [6.07, 6.45) is 5.45. The van der Waals surface area contributed by atoms with Gasteiger partial charge in [0.15, 0.2) is 0 Å². The summed E-state index contributed by atoms with van der Waals surface area (Å²) in [6.45, 7) is 12.0. The van der Waals surface area contributed by atoms with E-state index in [-0.39, 0.29) is 5.97 Å². The minimum atomic E-state index is -0.522. The standard InChI is InChI=1S/C17H34N2O2/c1-6-14(3)13-19(7-2)12-8-11-17(4,16(20)21-5)18-15-9-10-15/h14-15,18H,6-13H2,1-5H3. The normalized spacial score (nSPS) is 19.3. The van der Waals surface area contributed by atoms with Crippen molar-refractivity contribution in [1.29, 1.82) is 0 Å². The van der Waals surface area contributed by atoms with Gasteiger partial charge in [0.2, 0.25) is 0 Å². The van der Waals surface area contributed by atoms with Crippen LogP contribution in [0.5, 0.6) is 0 Å². The molecule has 124 valence electrons. The molecule has 1 rings (SSSR count). The monoisotopic (exact) mass is 298 g/mol. The predicted molar refractivity (Wildman–Crippen MR) is 87.4 cm³/mol. The van der Waals surface area contributed by atoms with Gasteiger partial charge in [-0.1, -0.05) is 27.2 Å². The van der Waals surface area contributed by atoms with Gasteiger partial charge in [0.05, 0.1) is 7.11 Å². The van der Waals surface area contributed by atoms with Crippen molar-refractivity contribution in [3.63, 3.8) is 0 Å². The maximum Gasteiger partial charge on any atom is 0.325 e. The van der Waals surface area contributed by atoms with Gasteiger partial charge in [0, 0.05) is 12.6 Å². The first-order chi connectivity index (χ1) is 9.95. The SMILES string of the molecule is CCC(C)CN(CC)CCCC(C)(NC1CC1)C(=O)OC. The number of nitrogens with one attached hydrogen (secondary N) is 1. The molecule has 4 nitrogen and oxygen atoms in total. The number of carbonyl (C=O) groups excluding carboxylic acids is 1. The summed E-state index contributed by atoms with van der Waals surface area (Å²) in [7, 11) is 1.48. The van der Waals surface area contributed by atoms with Crippen molar-refractivity contribution in [1.82, 2.24) is 10.2 Å². The van der Waals surface area contributed by atoms with Crippen molar-refractivity contribution < 1.29 is 9.53 Å². The summed E-state index contributed by atoms with van der Waals surface area (Å²) in [6, 6.07) is 0.511. The molecule has 1 aliphatic carbocycles. The minimum Gasteiger partial charge on any atom is -0.468 e. The quantitative estimate of drug-likeness (QED) is 0.596. The molecule has 0 amide bonds. The topological polar surface area (TPSA) is 41.6 Å². The molecule has 0 saturated heterocycles. The first-order valence-corrected chi connectivity index (χ1v) is 8.53. The maximum atomic E-state index is 12.1. The lowest BCUT2D eigenvalue weighted by atomic mass is 9.95. The van der Waals surface area contributed by atoms with E-state index in [0.717, 1.165) is 38.4 Å². The second-order valence-electron chi connectivity index (χ2n) is 6.75. The Balaban J connectivity index is 2.42. The molecule has 0 spiro atoms. The molecule has 0 heterocycles. The molecule has 2 atom stereocenters. The number of methoxy groups -OCH3 is 1. The van der Waals surface area contributed by atoms with Gasteiger partial charge in [-0.25, -0.2) is 0 Å². The smallest absolute Gasteiger partial charge is 0.325 e. The largest absolute Gasteiger partial charge is 0.468 e. The van der Waals surface area contributed by atoms with Crippen LogP contribution < -0.4 is 5.32 Å². The van der Waals surface area contributed by atoms with Gasteiger partial charge in [-0.3, -0.25) is 10.1 Å². The third-order valence-corrected chi connectivity index (χ3v) is 4.60. The van der Waals surface area contributed by atoms with Crippen LogP contribution in [0, 0.1) is 5.92 Å². The molecule has 1 fully saturated rings. The van der Waals surface area contributed by atoms with Crippen LogP contribution in [0.2, 0.25) is 0 Å². The van der Waals surface area contributed by atoms with E-state index < -0.39 is 5.54 Å². The highest BCUT2D eigenvalue weighted by Crippen LogP contribution is 2.25. The first kappa shape index (κ1) is 18.4. The molecule has 1 aliphatic rings. The fraction of sp³-hybridized carbons (Fsp3) is 0.941. The van der Waals surface area contributed by atoms with E-state index in [1.165, 1.54) is 26.4 Å². The van der Waals surface area contributed by atoms with Crippen LogP contribution in [0.1, 0.15) is 59.8 Å². The van der Waals surface area contributed by atoms with Gasteiger partial charge in [0.1, 0.15) is 5.54 Å². The highest BCUT2D eigenvalue weighted by atomic mass is 16.5. The Bertz CT molecular complexity index is 318. The van der Waals surface area contributed by atoms with Crippen molar-refractivity contribution in [2.24, 2.45) is 5.92 Å². The molecule has 1 saturated carbocycles. The molecule has 0 radical (unpaired) electrons. The minimum absolute atomic E-state index is 0.126. The molecule has 21 heavy (non-hydrogen) atoms. The van der Waals surface area contributed by atoms with Crippen molar-refractivity contribution in [2.45, 2.75) is 71.4 Å². The zero-order valence-corrected chi connectivity index (χ0v) is 14.6. The Morgan fingerprint density at radius 1 is 1.43 bits per heavy atom. The first-order valence-electron chi connectivity index (χ1n) is 8.53. The van der Waals surface area contributed by atoms with Crippen molar-refractivity contribution in [2.75, 3.05) is 26.7 Å². The summed E-state index contributed by atoms with van der Waals surface area (Å²) in [5.41, 5.74) is -0.522. The fourth-order valence-electron chi connectivity index (χ4n) is 2.74. The number of hydrogen-bond donors (Lipinski definition) is 1. The van der Waals surface area contributed by atoms with Crippen molar-refractivity contribution in [3.8, 4) is 0 Å². The van der Waals surface area contributed by atoms with Crippen LogP contribution in [0.25, 0.3) is 0 Å². The number of carbonyl (C=O) groups is 1. The Kier molecular flexibility index (Phi) is 7.67. The van der Waals surface area contributed by atoms with Crippen molar-refractivity contribution >= 4 is 5.97 Å². The van der Waals surface area contributed by atoms with Gasteiger partial charge in [-0.15, -0.1) is 0 Å². The molecule has 0 aromatic heterocycles. The molecule has 2 unspecified atom stereocenters. The zero-order valence-electron chi connectivity index (χ0n) is 14.6. The Morgan fingerprint density at radius 2 is 2.10 bits per heavy atom. The van der Waals surface area contributed by atoms with E-state index in [0.29, 0.717) is 6.04 Å². The molecular weight excluding hydrogens is 264 g/mol. The maximum absolute atomic E-state index is 12.1. The van der Waals surface area contributed by atoms with E-state index in [1.807, 2.05) is 6.92 Å². The van der Waals surface area contributed by atoms with Gasteiger partial charge in [-0.2, -0.15) is 0 Å².